The van der Waals surface area contributed by atoms with Gasteiger partial charge in [0.05, 0.1) is 36.1 Å². The van der Waals surface area contributed by atoms with Crippen LogP contribution in [0.25, 0.3) is 5.69 Å². The minimum atomic E-state index is -0.952. The lowest BCUT2D eigenvalue weighted by molar-refractivity contribution is 0.0697. The van der Waals surface area contributed by atoms with Crippen LogP contribution in [0.3, 0.4) is 0 Å². The number of aromatic nitrogens is 2. The Morgan fingerprint density at radius 1 is 1.03 bits per heavy atom. The van der Waals surface area contributed by atoms with E-state index in [0.717, 1.165) is 45.3 Å². The van der Waals surface area contributed by atoms with Gasteiger partial charge in [0.2, 0.25) is 0 Å². The second-order valence-electron chi connectivity index (χ2n) is 9.14. The maximum Gasteiger partial charge on any atom is 0.335 e. The standard InChI is InChI=1S/C29H28N4O3S/c1-17-12-13-20(28(34)35)16-24(17)32-18(2)15-21(19(32)3)27-26(22-9-7-8-14-30-22)31-29(37)33(27)23-10-5-6-11-25(23)36-4/h5-16,26-27H,1-4H3,(H,31,37)(H,34,35)/t26-,27-/m1/s1. The van der Waals surface area contributed by atoms with Gasteiger partial charge < -0.3 is 24.6 Å². The number of aryl methyl sites for hydroxylation is 2. The van der Waals surface area contributed by atoms with Crippen LogP contribution in [0, 0.1) is 20.8 Å². The first-order chi connectivity index (χ1) is 17.8. The first-order valence-electron chi connectivity index (χ1n) is 12.0. The van der Waals surface area contributed by atoms with Gasteiger partial charge in [-0.15, -0.1) is 0 Å². The molecule has 1 fully saturated rings. The number of hydrogen-bond donors (Lipinski definition) is 2. The summed E-state index contributed by atoms with van der Waals surface area (Å²) < 4.78 is 7.82. The van der Waals surface area contributed by atoms with Crippen molar-refractivity contribution >= 4 is 29.0 Å². The molecule has 7 nitrogen and oxygen atoms in total. The molecule has 1 aliphatic heterocycles. The van der Waals surface area contributed by atoms with Crippen molar-refractivity contribution in [1.82, 2.24) is 14.9 Å². The molecule has 0 bridgehead atoms. The van der Waals surface area contributed by atoms with E-state index in [1.807, 2.05) is 62.4 Å². The zero-order chi connectivity index (χ0) is 26.3. The molecule has 2 aromatic carbocycles. The van der Waals surface area contributed by atoms with Crippen LogP contribution in [-0.4, -0.2) is 32.8 Å². The van der Waals surface area contributed by atoms with Gasteiger partial charge in [0, 0.05) is 23.3 Å². The Morgan fingerprint density at radius 2 is 1.78 bits per heavy atom. The fourth-order valence-electron chi connectivity index (χ4n) is 5.20. The van der Waals surface area contributed by atoms with E-state index < -0.39 is 5.97 Å². The predicted octanol–water partition coefficient (Wildman–Crippen LogP) is 5.68. The summed E-state index contributed by atoms with van der Waals surface area (Å²) in [7, 11) is 1.65. The lowest BCUT2D eigenvalue weighted by Gasteiger charge is -2.29. The Morgan fingerprint density at radius 3 is 2.49 bits per heavy atom. The summed E-state index contributed by atoms with van der Waals surface area (Å²) in [6, 6.07) is 20.6. The average Bonchev–Trinajstić information content (AvgIpc) is 3.39. The summed E-state index contributed by atoms with van der Waals surface area (Å²) in [5.74, 6) is -0.232. The highest BCUT2D eigenvalue weighted by Crippen LogP contribution is 2.46. The number of anilines is 1. The molecule has 0 spiro atoms. The third kappa shape index (κ3) is 4.23. The fourth-order valence-corrected chi connectivity index (χ4v) is 5.54. The molecule has 0 unspecified atom stereocenters. The van der Waals surface area contributed by atoms with Crippen molar-refractivity contribution in [1.29, 1.82) is 0 Å². The van der Waals surface area contributed by atoms with Crippen molar-refractivity contribution in [2.45, 2.75) is 32.9 Å². The van der Waals surface area contributed by atoms with Crippen molar-refractivity contribution in [3.8, 4) is 11.4 Å². The van der Waals surface area contributed by atoms with Crippen molar-refractivity contribution in [2.24, 2.45) is 0 Å². The summed E-state index contributed by atoms with van der Waals surface area (Å²) >= 11 is 5.89. The Labute approximate surface area is 221 Å². The summed E-state index contributed by atoms with van der Waals surface area (Å²) in [6.07, 6.45) is 1.78. The molecular formula is C29H28N4O3S. The number of rotatable bonds is 6. The van der Waals surface area contributed by atoms with Crippen molar-refractivity contribution in [3.63, 3.8) is 0 Å². The highest BCUT2D eigenvalue weighted by molar-refractivity contribution is 7.80. The SMILES string of the molecule is COc1ccccc1N1C(=S)N[C@H](c2ccccn2)[C@H]1c1cc(C)n(-c2cc(C(=O)O)ccc2C)c1C. The predicted molar refractivity (Wildman–Crippen MR) is 148 cm³/mol. The lowest BCUT2D eigenvalue weighted by Crippen LogP contribution is -2.30. The van der Waals surface area contributed by atoms with Gasteiger partial charge in [0.15, 0.2) is 5.11 Å². The maximum atomic E-state index is 11.7. The number of carboxylic acids is 1. The molecule has 2 atom stereocenters. The van der Waals surface area contributed by atoms with Gasteiger partial charge in [-0.2, -0.15) is 0 Å². The van der Waals surface area contributed by atoms with Gasteiger partial charge in [-0.3, -0.25) is 4.98 Å². The highest BCUT2D eigenvalue weighted by Gasteiger charge is 2.43. The number of pyridine rings is 1. The number of hydrogen-bond acceptors (Lipinski definition) is 4. The summed E-state index contributed by atoms with van der Waals surface area (Å²) in [6.45, 7) is 6.09. The Bertz CT molecular complexity index is 1500. The van der Waals surface area contributed by atoms with Crippen LogP contribution < -0.4 is 15.0 Å². The molecule has 5 rings (SSSR count). The van der Waals surface area contributed by atoms with E-state index in [0.29, 0.717) is 5.11 Å². The number of nitrogens with zero attached hydrogens (tertiary/aromatic N) is 3. The normalized spacial score (nSPS) is 17.1. The zero-order valence-corrected chi connectivity index (χ0v) is 21.9. The number of para-hydroxylation sites is 2. The first-order valence-corrected chi connectivity index (χ1v) is 12.4. The monoisotopic (exact) mass is 512 g/mol. The Balaban J connectivity index is 1.72. The molecule has 2 aromatic heterocycles. The molecule has 0 radical (unpaired) electrons. The number of methoxy groups -OCH3 is 1. The van der Waals surface area contributed by atoms with Crippen LogP contribution >= 0.6 is 12.2 Å². The van der Waals surface area contributed by atoms with Gasteiger partial charge >= 0.3 is 5.97 Å². The molecule has 1 aliphatic rings. The third-order valence-electron chi connectivity index (χ3n) is 6.93. The molecule has 8 heteroatoms. The Hall–Kier alpha value is -4.17. The fraction of sp³-hybridized carbons (Fsp3) is 0.207. The number of carbonyl (C=O) groups is 1. The second-order valence-corrected chi connectivity index (χ2v) is 9.52. The van der Waals surface area contributed by atoms with Gasteiger partial charge in [-0.25, -0.2) is 4.79 Å². The van der Waals surface area contributed by atoms with E-state index in [1.54, 1.807) is 25.4 Å². The minimum absolute atomic E-state index is 0.209. The summed E-state index contributed by atoms with van der Waals surface area (Å²) in [5, 5.41) is 13.7. The van der Waals surface area contributed by atoms with E-state index >= 15 is 0 Å². The largest absolute Gasteiger partial charge is 0.495 e. The van der Waals surface area contributed by atoms with Crippen LogP contribution in [0.4, 0.5) is 5.69 Å². The van der Waals surface area contributed by atoms with Crippen molar-refractivity contribution in [2.75, 3.05) is 12.0 Å². The number of carboxylic acid groups (broad SMARTS) is 1. The van der Waals surface area contributed by atoms with Gasteiger partial charge in [0.25, 0.3) is 0 Å². The molecule has 1 saturated heterocycles. The molecule has 0 aliphatic carbocycles. The summed E-state index contributed by atoms with van der Waals surface area (Å²) in [4.78, 5) is 18.5. The van der Waals surface area contributed by atoms with Gasteiger partial charge in [0.1, 0.15) is 5.75 Å². The topological polar surface area (TPSA) is 79.6 Å². The number of ether oxygens (including phenoxy) is 1. The van der Waals surface area contributed by atoms with Crippen LogP contribution in [0.1, 0.15) is 50.7 Å². The molecule has 188 valence electrons. The van der Waals surface area contributed by atoms with Crippen molar-refractivity contribution < 1.29 is 14.6 Å². The second kappa shape index (κ2) is 9.71. The number of benzene rings is 2. The number of thiocarbonyl (C=S) groups is 1. The average molecular weight is 513 g/mol. The number of nitrogens with one attached hydrogen (secondary N) is 1. The quantitative estimate of drug-likeness (QED) is 0.322. The van der Waals surface area contributed by atoms with Gasteiger partial charge in [-0.05, 0) is 86.6 Å². The maximum absolute atomic E-state index is 11.7. The van der Waals surface area contributed by atoms with Gasteiger partial charge in [-0.1, -0.05) is 24.3 Å². The van der Waals surface area contributed by atoms with Crippen LogP contribution in [0.5, 0.6) is 5.75 Å². The molecule has 37 heavy (non-hydrogen) atoms. The molecule has 0 amide bonds. The molecular weight excluding hydrogens is 484 g/mol. The van der Waals surface area contributed by atoms with E-state index in [2.05, 4.69) is 32.8 Å². The molecule has 2 N–H and O–H groups in total. The number of aromatic carboxylic acids is 1. The van der Waals surface area contributed by atoms with Crippen LogP contribution in [0.2, 0.25) is 0 Å². The minimum Gasteiger partial charge on any atom is -0.495 e. The first kappa shape index (κ1) is 24.5. The Kier molecular flexibility index (Phi) is 6.43. The molecule has 3 heterocycles. The highest BCUT2D eigenvalue weighted by atomic mass is 32.1. The van der Waals surface area contributed by atoms with E-state index in [1.165, 1.54) is 0 Å². The lowest BCUT2D eigenvalue weighted by atomic mass is 9.96. The third-order valence-corrected chi connectivity index (χ3v) is 7.24. The smallest absolute Gasteiger partial charge is 0.335 e. The van der Waals surface area contributed by atoms with E-state index in [-0.39, 0.29) is 17.6 Å². The van der Waals surface area contributed by atoms with Crippen LogP contribution in [0.15, 0.2) is 72.9 Å². The van der Waals surface area contributed by atoms with E-state index in [9.17, 15) is 9.90 Å². The van der Waals surface area contributed by atoms with Crippen LogP contribution in [-0.2, 0) is 0 Å². The van der Waals surface area contributed by atoms with Crippen molar-refractivity contribution in [3.05, 3.63) is 107 Å². The summed E-state index contributed by atoms with van der Waals surface area (Å²) in [5.41, 5.74) is 6.87. The van der Waals surface area contributed by atoms with E-state index in [4.69, 9.17) is 17.0 Å². The molecule has 0 saturated carbocycles. The molecule has 4 aromatic rings. The zero-order valence-electron chi connectivity index (χ0n) is 21.1.